The average molecular weight is 386 g/mol. The van der Waals surface area contributed by atoms with E-state index in [-0.39, 0.29) is 25.5 Å². The maximum Gasteiger partial charge on any atom is 0.414 e. The van der Waals surface area contributed by atoms with Crippen molar-refractivity contribution >= 4 is 23.6 Å². The van der Waals surface area contributed by atoms with Crippen LogP contribution in [-0.2, 0) is 9.53 Å². The van der Waals surface area contributed by atoms with Crippen molar-refractivity contribution in [3.63, 3.8) is 0 Å². The van der Waals surface area contributed by atoms with Crippen LogP contribution >= 0.6 is 0 Å². The number of benzene rings is 2. The third-order valence-electron chi connectivity index (χ3n) is 4.33. The van der Waals surface area contributed by atoms with E-state index in [4.69, 9.17) is 16.2 Å². The van der Waals surface area contributed by atoms with Crippen molar-refractivity contribution in [1.29, 1.82) is 0 Å². The smallest absolute Gasteiger partial charge is 0.414 e. The van der Waals surface area contributed by atoms with Crippen molar-refractivity contribution in [3.8, 4) is 11.1 Å². The molecule has 0 radical (unpaired) electrons. The predicted molar refractivity (Wildman–Crippen MR) is 100 cm³/mol. The Morgan fingerprint density at radius 1 is 1.21 bits per heavy atom. The molecule has 0 bridgehead atoms. The van der Waals surface area contributed by atoms with Crippen molar-refractivity contribution in [3.05, 3.63) is 53.8 Å². The Hall–Kier alpha value is -3.46. The molecule has 0 saturated carbocycles. The molecule has 1 aliphatic heterocycles. The Kier molecular flexibility index (Phi) is 5.55. The van der Waals surface area contributed by atoms with Crippen LogP contribution in [-0.4, -0.2) is 43.6 Å². The number of rotatable bonds is 6. The Labute approximate surface area is 160 Å². The maximum absolute atomic E-state index is 14.6. The summed E-state index contributed by atoms with van der Waals surface area (Å²) in [6, 6.07) is 10.6. The summed E-state index contributed by atoms with van der Waals surface area (Å²) in [5, 5.41) is 2.55. The van der Waals surface area contributed by atoms with Gasteiger partial charge in [0.15, 0.2) is 0 Å². The number of primary amides is 1. The molecule has 5 N–H and O–H groups in total. The summed E-state index contributed by atoms with van der Waals surface area (Å²) in [7, 11) is 0. The van der Waals surface area contributed by atoms with Gasteiger partial charge in [-0.05, 0) is 35.9 Å². The Balaban J connectivity index is 1.74. The van der Waals surface area contributed by atoms with Crippen molar-refractivity contribution in [2.45, 2.75) is 6.10 Å². The second kappa shape index (κ2) is 8.05. The predicted octanol–water partition coefficient (Wildman–Crippen LogP) is 0.992. The molecule has 2 aromatic carbocycles. The van der Waals surface area contributed by atoms with Crippen molar-refractivity contribution in [2.75, 3.05) is 24.5 Å². The highest BCUT2D eigenvalue weighted by atomic mass is 19.1. The molecule has 9 heteroatoms. The number of cyclic esters (lactones) is 1. The lowest BCUT2D eigenvalue weighted by Crippen LogP contribution is -2.37. The fourth-order valence-electron chi connectivity index (χ4n) is 2.86. The van der Waals surface area contributed by atoms with Gasteiger partial charge in [0.1, 0.15) is 11.9 Å². The summed E-state index contributed by atoms with van der Waals surface area (Å²) >= 11 is 0. The zero-order chi connectivity index (χ0) is 20.3. The molecule has 0 unspecified atom stereocenters. The molecule has 1 saturated heterocycles. The lowest BCUT2D eigenvalue weighted by molar-refractivity contribution is -0.120. The molecule has 0 spiro atoms. The number of nitrogens with zero attached hydrogens (tertiary/aromatic N) is 1. The zero-order valence-corrected chi connectivity index (χ0v) is 14.9. The van der Waals surface area contributed by atoms with Gasteiger partial charge in [0.05, 0.1) is 25.3 Å². The number of nitrogens with one attached hydrogen (secondary N) is 1. The van der Waals surface area contributed by atoms with E-state index in [1.54, 1.807) is 24.3 Å². The number of anilines is 1. The quantitative estimate of drug-likeness (QED) is 0.682. The lowest BCUT2D eigenvalue weighted by Gasteiger charge is -2.14. The van der Waals surface area contributed by atoms with Gasteiger partial charge >= 0.3 is 6.09 Å². The van der Waals surface area contributed by atoms with Crippen LogP contribution in [0.25, 0.3) is 11.1 Å². The van der Waals surface area contributed by atoms with Gasteiger partial charge in [-0.2, -0.15) is 0 Å². The second-order valence-corrected chi connectivity index (χ2v) is 6.23. The van der Waals surface area contributed by atoms with Crippen LogP contribution in [0, 0.1) is 5.82 Å². The van der Waals surface area contributed by atoms with E-state index in [2.05, 4.69) is 5.32 Å². The van der Waals surface area contributed by atoms with Gasteiger partial charge in [0.25, 0.3) is 0 Å². The van der Waals surface area contributed by atoms with Crippen LogP contribution in [0.2, 0.25) is 0 Å². The Morgan fingerprint density at radius 3 is 2.54 bits per heavy atom. The van der Waals surface area contributed by atoms with Crippen molar-refractivity contribution in [2.24, 2.45) is 11.5 Å². The minimum atomic E-state index is -0.620. The molecule has 3 amide bonds. The lowest BCUT2D eigenvalue weighted by atomic mass is 10.0. The number of carbonyl (C=O) groups is 3. The molecule has 1 aliphatic rings. The van der Waals surface area contributed by atoms with Gasteiger partial charge in [0, 0.05) is 11.1 Å². The minimum Gasteiger partial charge on any atom is -0.442 e. The number of halogens is 1. The van der Waals surface area contributed by atoms with Gasteiger partial charge in [0.2, 0.25) is 11.8 Å². The van der Waals surface area contributed by atoms with Crippen molar-refractivity contribution < 1.29 is 23.5 Å². The largest absolute Gasteiger partial charge is 0.442 e. The SMILES string of the molecule is NCC(=O)NC[C@H]1CN(c2ccc(-c3ccc(C(N)=O)cc3)c(F)c2)C(=O)O1. The molecule has 28 heavy (non-hydrogen) atoms. The van der Waals surface area contributed by atoms with Crippen LogP contribution < -0.4 is 21.7 Å². The van der Waals surface area contributed by atoms with Crippen LogP contribution in [0.3, 0.4) is 0 Å². The van der Waals surface area contributed by atoms with Crippen molar-refractivity contribution in [1.82, 2.24) is 5.32 Å². The first kappa shape index (κ1) is 19.3. The minimum absolute atomic E-state index is 0.130. The first-order valence-electron chi connectivity index (χ1n) is 8.53. The summed E-state index contributed by atoms with van der Waals surface area (Å²) < 4.78 is 19.8. The molecular formula is C19H19FN4O4. The topological polar surface area (TPSA) is 128 Å². The average Bonchev–Trinajstić information content (AvgIpc) is 3.06. The highest BCUT2D eigenvalue weighted by Gasteiger charge is 2.32. The molecule has 1 atom stereocenters. The van der Waals surface area contributed by atoms with E-state index in [1.807, 2.05) is 0 Å². The monoisotopic (exact) mass is 386 g/mol. The molecule has 2 aromatic rings. The Bertz CT molecular complexity index is 917. The van der Waals surface area contributed by atoms with Gasteiger partial charge in [-0.3, -0.25) is 14.5 Å². The van der Waals surface area contributed by atoms with E-state index < -0.39 is 23.9 Å². The summed E-state index contributed by atoms with van der Waals surface area (Å²) in [6.07, 6.45) is -1.17. The molecule has 0 aromatic heterocycles. The molecule has 3 rings (SSSR count). The normalized spacial score (nSPS) is 16.0. The third kappa shape index (κ3) is 4.09. The number of hydrogen-bond donors (Lipinski definition) is 3. The Morgan fingerprint density at radius 2 is 1.93 bits per heavy atom. The highest BCUT2D eigenvalue weighted by molar-refractivity contribution is 5.93. The van der Waals surface area contributed by atoms with Gasteiger partial charge in [-0.1, -0.05) is 12.1 Å². The number of nitrogens with two attached hydrogens (primary N) is 2. The summed E-state index contributed by atoms with van der Waals surface area (Å²) in [4.78, 5) is 35.7. The number of carbonyl (C=O) groups excluding carboxylic acids is 3. The molecule has 0 aliphatic carbocycles. The first-order valence-corrected chi connectivity index (χ1v) is 8.53. The summed E-state index contributed by atoms with van der Waals surface area (Å²) in [5.41, 5.74) is 12.0. The zero-order valence-electron chi connectivity index (χ0n) is 14.9. The van der Waals surface area contributed by atoms with E-state index in [0.717, 1.165) is 0 Å². The van der Waals surface area contributed by atoms with Gasteiger partial charge in [-0.15, -0.1) is 0 Å². The summed E-state index contributed by atoms with van der Waals surface area (Å²) in [5.74, 6) is -1.45. The van der Waals surface area contributed by atoms with Crippen LogP contribution in [0.5, 0.6) is 0 Å². The van der Waals surface area contributed by atoms with E-state index >= 15 is 0 Å². The molecule has 1 heterocycles. The number of ether oxygens (including phenoxy) is 1. The van der Waals surface area contributed by atoms with E-state index in [9.17, 15) is 18.8 Å². The fourth-order valence-corrected chi connectivity index (χ4v) is 2.86. The summed E-state index contributed by atoms with van der Waals surface area (Å²) in [6.45, 7) is 0.151. The molecular weight excluding hydrogens is 367 g/mol. The van der Waals surface area contributed by atoms with Crippen LogP contribution in [0.1, 0.15) is 10.4 Å². The van der Waals surface area contributed by atoms with E-state index in [0.29, 0.717) is 22.4 Å². The van der Waals surface area contributed by atoms with Crippen LogP contribution in [0.15, 0.2) is 42.5 Å². The van der Waals surface area contributed by atoms with Crippen LogP contribution in [0.4, 0.5) is 14.9 Å². The second-order valence-electron chi connectivity index (χ2n) is 6.23. The van der Waals surface area contributed by atoms with Gasteiger partial charge < -0.3 is 21.5 Å². The molecule has 146 valence electrons. The third-order valence-corrected chi connectivity index (χ3v) is 4.33. The standard InChI is InChI=1S/C19H19FN4O4/c20-16-7-13(24-10-14(28-19(24)27)9-23-17(25)8-21)5-6-15(16)11-1-3-12(4-2-11)18(22)26/h1-7,14H,8-10,21H2,(H2,22,26)(H,23,25)/t14-/m0/s1. The number of amides is 3. The first-order chi connectivity index (χ1) is 13.4. The highest BCUT2D eigenvalue weighted by Crippen LogP contribution is 2.29. The fraction of sp³-hybridized carbons (Fsp3) is 0.211. The molecule has 1 fully saturated rings. The number of hydrogen-bond acceptors (Lipinski definition) is 5. The maximum atomic E-state index is 14.6. The molecule has 8 nitrogen and oxygen atoms in total. The van der Waals surface area contributed by atoms with Gasteiger partial charge in [-0.25, -0.2) is 9.18 Å². The van der Waals surface area contributed by atoms with E-state index in [1.165, 1.54) is 23.1 Å².